The van der Waals surface area contributed by atoms with Crippen LogP contribution in [0.4, 0.5) is 5.82 Å². The zero-order valence-corrected chi connectivity index (χ0v) is 8.41. The van der Waals surface area contributed by atoms with Gasteiger partial charge in [0.2, 0.25) is 6.33 Å². The molecule has 1 aromatic rings. The minimum absolute atomic E-state index is 0.280. The molecule has 1 rings (SSSR count). The van der Waals surface area contributed by atoms with Crippen LogP contribution < -0.4 is 0 Å². The fourth-order valence-corrected chi connectivity index (χ4v) is 1.23. The van der Waals surface area contributed by atoms with E-state index in [1.165, 1.54) is 24.2 Å². The molecule has 0 N–H and O–H groups in total. The Morgan fingerprint density at radius 3 is 2.87 bits per heavy atom. The molecule has 7 nitrogen and oxygen atoms in total. The van der Waals surface area contributed by atoms with Gasteiger partial charge in [0.15, 0.2) is 0 Å². The summed E-state index contributed by atoms with van der Waals surface area (Å²) in [7, 11) is 1.27. The van der Waals surface area contributed by atoms with Crippen LogP contribution in [0.25, 0.3) is 0 Å². The number of imidazole rings is 1. The molecule has 0 aromatic carbocycles. The number of carbonyl (C=O) groups excluding carboxylic acids is 1. The second-order valence-electron chi connectivity index (χ2n) is 2.88. The van der Waals surface area contributed by atoms with Crippen LogP contribution >= 0.6 is 0 Å². The standard InChI is InChI=1S/C8H11N3O4/c1-3-6(8(12)15-2)10-4-7(9-5-10)11(13)14/h4-6H,3H2,1-2H3. The summed E-state index contributed by atoms with van der Waals surface area (Å²) in [5.41, 5.74) is 0. The van der Waals surface area contributed by atoms with E-state index in [1.807, 2.05) is 0 Å². The summed E-state index contributed by atoms with van der Waals surface area (Å²) in [5, 5.41) is 10.4. The van der Waals surface area contributed by atoms with Gasteiger partial charge in [-0.25, -0.2) is 4.79 Å². The first kappa shape index (κ1) is 11.2. The summed E-state index contributed by atoms with van der Waals surface area (Å²) in [6.45, 7) is 1.79. The summed E-state index contributed by atoms with van der Waals surface area (Å²) in [6, 6.07) is -0.559. The molecule has 0 saturated heterocycles. The molecule has 0 aliphatic rings. The van der Waals surface area contributed by atoms with Crippen molar-refractivity contribution in [3.05, 3.63) is 22.6 Å². The van der Waals surface area contributed by atoms with Crippen molar-refractivity contribution in [2.75, 3.05) is 7.11 Å². The van der Waals surface area contributed by atoms with Crippen LogP contribution in [0, 0.1) is 10.1 Å². The zero-order valence-electron chi connectivity index (χ0n) is 8.41. The Hall–Kier alpha value is -1.92. The molecule has 1 unspecified atom stereocenters. The molecule has 7 heteroatoms. The highest BCUT2D eigenvalue weighted by Crippen LogP contribution is 2.16. The van der Waals surface area contributed by atoms with E-state index in [9.17, 15) is 14.9 Å². The highest BCUT2D eigenvalue weighted by Gasteiger charge is 2.22. The number of nitro groups is 1. The Morgan fingerprint density at radius 2 is 2.47 bits per heavy atom. The minimum Gasteiger partial charge on any atom is -0.467 e. The number of methoxy groups -OCH3 is 1. The van der Waals surface area contributed by atoms with E-state index in [-0.39, 0.29) is 5.82 Å². The summed E-state index contributed by atoms with van der Waals surface area (Å²) in [5.74, 6) is -0.720. The van der Waals surface area contributed by atoms with Crippen LogP contribution in [0.5, 0.6) is 0 Å². The third kappa shape index (κ3) is 2.30. The topological polar surface area (TPSA) is 87.3 Å². The van der Waals surface area contributed by atoms with Crippen LogP contribution in [0.3, 0.4) is 0 Å². The van der Waals surface area contributed by atoms with Crippen LogP contribution in [0.1, 0.15) is 19.4 Å². The van der Waals surface area contributed by atoms with Gasteiger partial charge in [-0.05, 0) is 16.3 Å². The van der Waals surface area contributed by atoms with Crippen molar-refractivity contribution < 1.29 is 14.5 Å². The lowest BCUT2D eigenvalue weighted by Crippen LogP contribution is -2.18. The van der Waals surface area contributed by atoms with Crippen molar-refractivity contribution in [1.29, 1.82) is 0 Å². The predicted octanol–water partition coefficient (Wildman–Crippen LogP) is 0.915. The fourth-order valence-electron chi connectivity index (χ4n) is 1.23. The Morgan fingerprint density at radius 1 is 1.80 bits per heavy atom. The van der Waals surface area contributed by atoms with Crippen molar-refractivity contribution in [1.82, 2.24) is 9.55 Å². The second-order valence-corrected chi connectivity index (χ2v) is 2.88. The average Bonchev–Trinajstić information content (AvgIpc) is 2.68. The van der Waals surface area contributed by atoms with Crippen molar-refractivity contribution in [2.24, 2.45) is 0 Å². The molecule has 1 atom stereocenters. The number of rotatable bonds is 4. The van der Waals surface area contributed by atoms with Gasteiger partial charge in [0.05, 0.1) is 7.11 Å². The minimum atomic E-state index is -0.611. The van der Waals surface area contributed by atoms with E-state index in [0.717, 1.165) is 0 Å². The SMILES string of the molecule is CCC(C(=O)OC)n1cnc([N+](=O)[O-])c1. The molecule has 0 fully saturated rings. The molecule has 0 aliphatic heterocycles. The van der Waals surface area contributed by atoms with Gasteiger partial charge in [-0.15, -0.1) is 0 Å². The van der Waals surface area contributed by atoms with Gasteiger partial charge in [-0.3, -0.25) is 4.57 Å². The van der Waals surface area contributed by atoms with Crippen molar-refractivity contribution >= 4 is 11.8 Å². The van der Waals surface area contributed by atoms with Gasteiger partial charge in [0, 0.05) is 0 Å². The molecular weight excluding hydrogens is 202 g/mol. The lowest BCUT2D eigenvalue weighted by molar-refractivity contribution is -0.389. The number of nitrogens with zero attached hydrogens (tertiary/aromatic N) is 3. The van der Waals surface area contributed by atoms with Gasteiger partial charge in [0.1, 0.15) is 12.2 Å². The number of aromatic nitrogens is 2. The van der Waals surface area contributed by atoms with Gasteiger partial charge < -0.3 is 14.9 Å². The van der Waals surface area contributed by atoms with E-state index in [1.54, 1.807) is 6.92 Å². The van der Waals surface area contributed by atoms with Gasteiger partial charge >= 0.3 is 11.8 Å². The Labute approximate surface area is 85.8 Å². The molecule has 15 heavy (non-hydrogen) atoms. The first-order valence-corrected chi connectivity index (χ1v) is 4.35. The molecule has 0 aliphatic carbocycles. The monoisotopic (exact) mass is 213 g/mol. The maximum atomic E-state index is 11.3. The van der Waals surface area contributed by atoms with Crippen molar-refractivity contribution in [3.8, 4) is 0 Å². The molecule has 0 radical (unpaired) electrons. The Balaban J connectivity index is 2.92. The molecule has 82 valence electrons. The van der Waals surface area contributed by atoms with Gasteiger partial charge in [-0.1, -0.05) is 6.92 Å². The summed E-state index contributed by atoms with van der Waals surface area (Å²) >= 11 is 0. The van der Waals surface area contributed by atoms with E-state index < -0.39 is 16.9 Å². The van der Waals surface area contributed by atoms with Crippen LogP contribution in [-0.2, 0) is 9.53 Å². The molecule has 1 aromatic heterocycles. The fraction of sp³-hybridized carbons (Fsp3) is 0.500. The van der Waals surface area contributed by atoms with Gasteiger partial charge in [0.25, 0.3) is 0 Å². The summed E-state index contributed by atoms with van der Waals surface area (Å²) in [6.07, 6.45) is 2.95. The number of carbonyl (C=O) groups is 1. The molecule has 0 saturated carbocycles. The molecule has 0 bridgehead atoms. The van der Waals surface area contributed by atoms with Crippen LogP contribution in [0.2, 0.25) is 0 Å². The highest BCUT2D eigenvalue weighted by atomic mass is 16.6. The molecule has 1 heterocycles. The van der Waals surface area contributed by atoms with E-state index in [4.69, 9.17) is 0 Å². The first-order valence-electron chi connectivity index (χ1n) is 4.35. The number of esters is 1. The second kappa shape index (κ2) is 4.54. The third-order valence-corrected chi connectivity index (χ3v) is 1.99. The molecule has 0 amide bonds. The molecular formula is C8H11N3O4. The average molecular weight is 213 g/mol. The van der Waals surface area contributed by atoms with Crippen molar-refractivity contribution in [2.45, 2.75) is 19.4 Å². The number of ether oxygens (including phenoxy) is 1. The zero-order chi connectivity index (χ0) is 11.4. The quantitative estimate of drug-likeness (QED) is 0.421. The van der Waals surface area contributed by atoms with Crippen molar-refractivity contribution in [3.63, 3.8) is 0 Å². The number of hydrogen-bond acceptors (Lipinski definition) is 5. The lowest BCUT2D eigenvalue weighted by Gasteiger charge is -2.11. The predicted molar refractivity (Wildman–Crippen MR) is 50.2 cm³/mol. The number of hydrogen-bond donors (Lipinski definition) is 0. The van der Waals surface area contributed by atoms with E-state index in [2.05, 4.69) is 9.72 Å². The van der Waals surface area contributed by atoms with E-state index in [0.29, 0.717) is 6.42 Å². The Bertz CT molecular complexity index is 374. The summed E-state index contributed by atoms with van der Waals surface area (Å²) < 4.78 is 5.95. The Kier molecular flexibility index (Phi) is 3.37. The largest absolute Gasteiger partial charge is 0.467 e. The maximum Gasteiger partial charge on any atom is 0.381 e. The first-order chi connectivity index (χ1) is 7.10. The lowest BCUT2D eigenvalue weighted by atomic mass is 10.2. The van der Waals surface area contributed by atoms with Gasteiger partial charge in [-0.2, -0.15) is 0 Å². The third-order valence-electron chi connectivity index (χ3n) is 1.99. The van der Waals surface area contributed by atoms with Crippen LogP contribution in [-0.4, -0.2) is 27.6 Å². The maximum absolute atomic E-state index is 11.3. The smallest absolute Gasteiger partial charge is 0.381 e. The summed E-state index contributed by atoms with van der Waals surface area (Å²) in [4.78, 5) is 24.6. The van der Waals surface area contributed by atoms with Crippen LogP contribution in [0.15, 0.2) is 12.5 Å². The molecule has 0 spiro atoms. The van der Waals surface area contributed by atoms with E-state index >= 15 is 0 Å². The highest BCUT2D eigenvalue weighted by molar-refractivity contribution is 5.74. The normalized spacial score (nSPS) is 12.1.